The molecule has 3 heterocycles. The molecule has 5 rings (SSSR count). The molecular weight excluding hydrogens is 456 g/mol. The number of amides is 1. The van der Waals surface area contributed by atoms with Crippen molar-refractivity contribution in [3.8, 4) is 5.75 Å². The number of hydrogen-bond donors (Lipinski definition) is 0. The van der Waals surface area contributed by atoms with Gasteiger partial charge < -0.3 is 9.64 Å². The molecule has 35 heavy (non-hydrogen) atoms. The monoisotopic (exact) mass is 490 g/mol. The van der Waals surface area contributed by atoms with Crippen molar-refractivity contribution in [1.29, 1.82) is 0 Å². The molecule has 0 saturated carbocycles. The topological polar surface area (TPSA) is 58.6 Å². The molecule has 2 aliphatic rings. The van der Waals surface area contributed by atoms with Gasteiger partial charge in [0.2, 0.25) is 0 Å². The molecule has 2 aliphatic heterocycles. The first-order valence-corrected chi connectivity index (χ1v) is 13.5. The van der Waals surface area contributed by atoms with Gasteiger partial charge in [0, 0.05) is 25.6 Å². The Morgan fingerprint density at radius 1 is 0.971 bits per heavy atom. The van der Waals surface area contributed by atoms with Gasteiger partial charge in [0.05, 0.1) is 24.5 Å². The van der Waals surface area contributed by atoms with E-state index in [1.54, 1.807) is 6.20 Å². The smallest absolute Gasteiger partial charge is 0.275 e. The van der Waals surface area contributed by atoms with Gasteiger partial charge in [-0.3, -0.25) is 9.69 Å². The number of aromatic nitrogens is 2. The standard InChI is InChI=1S/C28H34N4O2S/c33-28(27-18-29-35-30-27)32-13-5-9-25(20-32)21-34-26-10-4-8-24(17-26)19-31-14-11-23(12-15-31)16-22-6-2-1-3-7-22/h1-4,6-8,10,17-18,23,25H,5,9,11-16,19-21H2. The minimum atomic E-state index is -0.0158. The van der Waals surface area contributed by atoms with Crippen LogP contribution in [0.15, 0.2) is 60.8 Å². The average Bonchev–Trinajstić information content (AvgIpc) is 3.44. The van der Waals surface area contributed by atoms with E-state index < -0.39 is 0 Å². The summed E-state index contributed by atoms with van der Waals surface area (Å²) in [5.41, 5.74) is 3.22. The molecule has 0 spiro atoms. The Balaban J connectivity index is 1.07. The van der Waals surface area contributed by atoms with Gasteiger partial charge in [0.25, 0.3) is 5.91 Å². The highest BCUT2D eigenvalue weighted by Crippen LogP contribution is 2.25. The molecule has 0 radical (unpaired) electrons. The summed E-state index contributed by atoms with van der Waals surface area (Å²) in [6.07, 6.45) is 7.36. The number of nitrogens with zero attached hydrogens (tertiary/aromatic N) is 4. The fraction of sp³-hybridized carbons (Fsp3) is 0.464. The molecule has 0 bridgehead atoms. The molecule has 1 unspecified atom stereocenters. The molecule has 2 aromatic carbocycles. The van der Waals surface area contributed by atoms with Crippen molar-refractivity contribution in [2.45, 2.75) is 38.6 Å². The molecule has 184 valence electrons. The zero-order valence-electron chi connectivity index (χ0n) is 20.2. The third-order valence-electron chi connectivity index (χ3n) is 7.25. The summed E-state index contributed by atoms with van der Waals surface area (Å²) in [6, 6.07) is 19.4. The van der Waals surface area contributed by atoms with Crippen LogP contribution in [0.4, 0.5) is 0 Å². The van der Waals surface area contributed by atoms with Gasteiger partial charge >= 0.3 is 0 Å². The van der Waals surface area contributed by atoms with Crippen LogP contribution >= 0.6 is 11.7 Å². The number of hydrogen-bond acceptors (Lipinski definition) is 6. The number of ether oxygens (including phenoxy) is 1. The summed E-state index contributed by atoms with van der Waals surface area (Å²) < 4.78 is 14.2. The van der Waals surface area contributed by atoms with Gasteiger partial charge in [0.15, 0.2) is 5.69 Å². The molecule has 0 N–H and O–H groups in total. The van der Waals surface area contributed by atoms with Crippen LogP contribution in [0.2, 0.25) is 0 Å². The van der Waals surface area contributed by atoms with Crippen LogP contribution in [-0.4, -0.2) is 57.2 Å². The molecule has 2 saturated heterocycles. The number of likely N-dealkylation sites (tertiary alicyclic amines) is 2. The summed E-state index contributed by atoms with van der Waals surface area (Å²) in [4.78, 5) is 17.1. The number of benzene rings is 2. The Morgan fingerprint density at radius 2 is 1.80 bits per heavy atom. The van der Waals surface area contributed by atoms with E-state index in [0.717, 1.165) is 62.4 Å². The van der Waals surface area contributed by atoms with Crippen LogP contribution < -0.4 is 4.74 Å². The van der Waals surface area contributed by atoms with E-state index in [4.69, 9.17) is 4.74 Å². The van der Waals surface area contributed by atoms with Crippen LogP contribution in [0.3, 0.4) is 0 Å². The van der Waals surface area contributed by atoms with E-state index in [1.165, 1.54) is 30.4 Å². The first-order chi connectivity index (χ1) is 17.2. The lowest BCUT2D eigenvalue weighted by atomic mass is 9.90. The number of piperidine rings is 2. The van der Waals surface area contributed by atoms with Crippen LogP contribution in [0, 0.1) is 11.8 Å². The molecule has 1 amide bonds. The van der Waals surface area contributed by atoms with Crippen molar-refractivity contribution >= 4 is 17.6 Å². The Kier molecular flexibility index (Phi) is 8.06. The first-order valence-electron chi connectivity index (χ1n) is 12.8. The number of rotatable bonds is 8. The highest BCUT2D eigenvalue weighted by atomic mass is 32.1. The Bertz CT molecular complexity index is 1070. The van der Waals surface area contributed by atoms with Gasteiger partial charge in [-0.25, -0.2) is 0 Å². The fourth-order valence-corrected chi connectivity index (χ4v) is 5.72. The van der Waals surface area contributed by atoms with Crippen LogP contribution in [0.5, 0.6) is 5.75 Å². The summed E-state index contributed by atoms with van der Waals surface area (Å²) in [6.45, 7) is 5.42. The first kappa shape index (κ1) is 23.9. The van der Waals surface area contributed by atoms with Gasteiger partial charge in [0.1, 0.15) is 5.75 Å². The Hall–Kier alpha value is -2.77. The van der Waals surface area contributed by atoms with E-state index in [9.17, 15) is 4.79 Å². The predicted molar refractivity (Wildman–Crippen MR) is 139 cm³/mol. The third-order valence-corrected chi connectivity index (χ3v) is 7.73. The molecule has 7 heteroatoms. The average molecular weight is 491 g/mol. The molecule has 3 aromatic rings. The lowest BCUT2D eigenvalue weighted by Gasteiger charge is -2.32. The van der Waals surface area contributed by atoms with E-state index in [-0.39, 0.29) is 5.91 Å². The van der Waals surface area contributed by atoms with Crippen molar-refractivity contribution in [2.24, 2.45) is 11.8 Å². The van der Waals surface area contributed by atoms with Crippen molar-refractivity contribution in [3.05, 3.63) is 77.6 Å². The molecule has 2 fully saturated rings. The quantitative estimate of drug-likeness (QED) is 0.448. The van der Waals surface area contributed by atoms with Crippen molar-refractivity contribution in [3.63, 3.8) is 0 Å². The lowest BCUT2D eigenvalue weighted by Crippen LogP contribution is -2.41. The van der Waals surface area contributed by atoms with E-state index in [1.807, 2.05) is 11.0 Å². The molecule has 6 nitrogen and oxygen atoms in total. The molecule has 1 atom stereocenters. The second kappa shape index (κ2) is 11.8. The second-order valence-corrected chi connectivity index (χ2v) is 10.5. The van der Waals surface area contributed by atoms with E-state index >= 15 is 0 Å². The summed E-state index contributed by atoms with van der Waals surface area (Å²) >= 11 is 1.08. The van der Waals surface area contributed by atoms with Gasteiger partial charge in [-0.15, -0.1) is 0 Å². The van der Waals surface area contributed by atoms with Crippen LogP contribution in [0.25, 0.3) is 0 Å². The van der Waals surface area contributed by atoms with Crippen LogP contribution in [-0.2, 0) is 13.0 Å². The summed E-state index contributed by atoms with van der Waals surface area (Å²) in [5, 5.41) is 0. The highest BCUT2D eigenvalue weighted by Gasteiger charge is 2.26. The third kappa shape index (κ3) is 6.67. The molecule has 0 aliphatic carbocycles. The Morgan fingerprint density at radius 3 is 2.60 bits per heavy atom. The van der Waals surface area contributed by atoms with E-state index in [0.29, 0.717) is 24.8 Å². The number of carbonyl (C=O) groups is 1. The lowest BCUT2D eigenvalue weighted by molar-refractivity contribution is 0.0628. The maximum atomic E-state index is 12.6. The van der Waals surface area contributed by atoms with Crippen molar-refractivity contribution < 1.29 is 9.53 Å². The zero-order chi connectivity index (χ0) is 23.9. The summed E-state index contributed by atoms with van der Waals surface area (Å²) in [7, 11) is 0. The molecule has 1 aromatic heterocycles. The maximum absolute atomic E-state index is 12.6. The van der Waals surface area contributed by atoms with Gasteiger partial charge in [-0.2, -0.15) is 8.75 Å². The van der Waals surface area contributed by atoms with Crippen molar-refractivity contribution in [2.75, 3.05) is 32.8 Å². The van der Waals surface area contributed by atoms with Crippen molar-refractivity contribution in [1.82, 2.24) is 18.5 Å². The normalized spacial score (nSPS) is 19.5. The minimum Gasteiger partial charge on any atom is -0.493 e. The van der Waals surface area contributed by atoms with Gasteiger partial charge in [-0.05, 0) is 74.4 Å². The number of carbonyl (C=O) groups excluding carboxylic acids is 1. The molecular formula is C28H34N4O2S. The SMILES string of the molecule is O=C(c1cnsn1)N1CCCC(COc2cccc(CN3CCC(Cc4ccccc4)CC3)c2)C1. The predicted octanol–water partition coefficient (Wildman–Crippen LogP) is 4.92. The fourth-order valence-electron chi connectivity index (χ4n) is 5.31. The van der Waals surface area contributed by atoms with E-state index in [2.05, 4.69) is 62.2 Å². The zero-order valence-corrected chi connectivity index (χ0v) is 21.0. The second-order valence-electron chi connectivity index (χ2n) is 9.92. The highest BCUT2D eigenvalue weighted by molar-refractivity contribution is 6.99. The minimum absolute atomic E-state index is 0.0158. The van der Waals surface area contributed by atoms with Gasteiger partial charge in [-0.1, -0.05) is 42.5 Å². The summed E-state index contributed by atoms with van der Waals surface area (Å²) in [5.74, 6) is 2.04. The maximum Gasteiger partial charge on any atom is 0.275 e. The largest absolute Gasteiger partial charge is 0.493 e. The van der Waals surface area contributed by atoms with Crippen LogP contribution in [0.1, 0.15) is 47.3 Å². The Labute approximate surface area is 212 Å².